The molecule has 1 aliphatic heterocycles. The van der Waals surface area contributed by atoms with E-state index < -0.39 is 0 Å². The molecule has 31 heavy (non-hydrogen) atoms. The summed E-state index contributed by atoms with van der Waals surface area (Å²) in [6.07, 6.45) is 4.15. The van der Waals surface area contributed by atoms with Gasteiger partial charge in [-0.3, -0.25) is 9.69 Å². The summed E-state index contributed by atoms with van der Waals surface area (Å²) in [4.78, 5) is 21.5. The van der Waals surface area contributed by atoms with Crippen molar-refractivity contribution in [3.05, 3.63) is 72.0 Å². The maximum Gasteiger partial charge on any atom is 0.221 e. The molecule has 0 saturated carbocycles. The molecule has 2 heterocycles. The summed E-state index contributed by atoms with van der Waals surface area (Å²) in [5.41, 5.74) is 2.24. The van der Waals surface area contributed by atoms with Crippen molar-refractivity contribution in [3.63, 3.8) is 0 Å². The number of halogens is 1. The number of hydrogen-bond donors (Lipinski definition) is 1. The lowest BCUT2D eigenvalue weighted by molar-refractivity contribution is -0.121. The first-order valence-corrected chi connectivity index (χ1v) is 11.1. The number of piperazine rings is 1. The van der Waals surface area contributed by atoms with Crippen molar-refractivity contribution >= 4 is 23.2 Å². The molecule has 0 spiro atoms. The molecule has 1 amide bonds. The number of nitrogens with zero attached hydrogens (tertiary/aromatic N) is 4. The Labute approximate surface area is 188 Å². The van der Waals surface area contributed by atoms with Crippen molar-refractivity contribution in [1.82, 2.24) is 19.8 Å². The van der Waals surface area contributed by atoms with Gasteiger partial charge in [0, 0.05) is 80.9 Å². The number of amides is 1. The van der Waals surface area contributed by atoms with Crippen molar-refractivity contribution < 1.29 is 4.79 Å². The standard InChI is InChI=1S/C24H28ClN5O/c25-21-7-4-8-22(19-21)29-17-15-28(16-18-29)13-10-26-23(31)9-12-30-14-11-27-24(30)20-5-2-1-3-6-20/h1-8,11,14,19H,9-10,12-13,15-18H2,(H,26,31). The Hall–Kier alpha value is -2.83. The predicted octanol–water partition coefficient (Wildman–Crippen LogP) is 3.53. The highest BCUT2D eigenvalue weighted by Gasteiger charge is 2.17. The molecule has 0 radical (unpaired) electrons. The van der Waals surface area contributed by atoms with Gasteiger partial charge in [-0.25, -0.2) is 4.98 Å². The van der Waals surface area contributed by atoms with Gasteiger partial charge >= 0.3 is 0 Å². The number of rotatable bonds is 8. The van der Waals surface area contributed by atoms with Crippen LogP contribution in [-0.2, 0) is 11.3 Å². The fourth-order valence-electron chi connectivity index (χ4n) is 3.90. The summed E-state index contributed by atoms with van der Waals surface area (Å²) >= 11 is 6.11. The van der Waals surface area contributed by atoms with E-state index in [9.17, 15) is 4.79 Å². The van der Waals surface area contributed by atoms with Gasteiger partial charge in [-0.2, -0.15) is 0 Å². The smallest absolute Gasteiger partial charge is 0.221 e. The first kappa shape index (κ1) is 21.4. The van der Waals surface area contributed by atoms with Crippen LogP contribution in [0.5, 0.6) is 0 Å². The third-order valence-electron chi connectivity index (χ3n) is 5.62. The summed E-state index contributed by atoms with van der Waals surface area (Å²) in [6.45, 7) is 6.07. The molecule has 0 atom stereocenters. The molecule has 1 fully saturated rings. The lowest BCUT2D eigenvalue weighted by Gasteiger charge is -2.36. The minimum atomic E-state index is 0.0743. The van der Waals surface area contributed by atoms with E-state index in [0.717, 1.165) is 49.1 Å². The van der Waals surface area contributed by atoms with E-state index in [0.29, 0.717) is 19.5 Å². The summed E-state index contributed by atoms with van der Waals surface area (Å²) in [5, 5.41) is 3.83. The van der Waals surface area contributed by atoms with Crippen molar-refractivity contribution in [2.45, 2.75) is 13.0 Å². The Morgan fingerprint density at radius 1 is 1.00 bits per heavy atom. The van der Waals surface area contributed by atoms with E-state index >= 15 is 0 Å². The average Bonchev–Trinajstić information content (AvgIpc) is 3.27. The summed E-state index contributed by atoms with van der Waals surface area (Å²) < 4.78 is 2.03. The van der Waals surface area contributed by atoms with E-state index in [4.69, 9.17) is 11.6 Å². The van der Waals surface area contributed by atoms with Crippen LogP contribution in [-0.4, -0.2) is 59.6 Å². The highest BCUT2D eigenvalue weighted by molar-refractivity contribution is 6.30. The third-order valence-corrected chi connectivity index (χ3v) is 5.86. The van der Waals surface area contributed by atoms with Crippen molar-refractivity contribution in [2.75, 3.05) is 44.2 Å². The maximum absolute atomic E-state index is 12.3. The molecule has 1 aromatic heterocycles. The molecule has 0 unspecified atom stereocenters. The van der Waals surface area contributed by atoms with E-state index in [1.807, 2.05) is 59.3 Å². The van der Waals surface area contributed by atoms with Gasteiger partial charge in [-0.05, 0) is 18.2 Å². The van der Waals surface area contributed by atoms with Gasteiger partial charge in [0.2, 0.25) is 5.91 Å². The first-order valence-electron chi connectivity index (χ1n) is 10.8. The molecule has 7 heteroatoms. The molecule has 1 saturated heterocycles. The number of hydrogen-bond acceptors (Lipinski definition) is 4. The fraction of sp³-hybridized carbons (Fsp3) is 0.333. The monoisotopic (exact) mass is 437 g/mol. The zero-order valence-corrected chi connectivity index (χ0v) is 18.3. The first-order chi connectivity index (χ1) is 15.2. The van der Waals surface area contributed by atoms with Crippen LogP contribution in [0.2, 0.25) is 5.02 Å². The Bertz CT molecular complexity index is 982. The Balaban J connectivity index is 1.16. The van der Waals surface area contributed by atoms with Gasteiger partial charge in [-0.1, -0.05) is 48.0 Å². The zero-order valence-electron chi connectivity index (χ0n) is 17.6. The second kappa shape index (κ2) is 10.5. The molecule has 1 N–H and O–H groups in total. The number of aryl methyl sites for hydroxylation is 1. The van der Waals surface area contributed by atoms with Crippen molar-refractivity contribution in [2.24, 2.45) is 0 Å². The van der Waals surface area contributed by atoms with Gasteiger partial charge in [0.25, 0.3) is 0 Å². The molecular formula is C24H28ClN5O. The van der Waals surface area contributed by atoms with E-state index in [2.05, 4.69) is 26.2 Å². The molecule has 0 bridgehead atoms. The Kier molecular flexibility index (Phi) is 7.22. The molecule has 3 aromatic rings. The maximum atomic E-state index is 12.3. The predicted molar refractivity (Wildman–Crippen MR) is 125 cm³/mol. The lowest BCUT2D eigenvalue weighted by Crippen LogP contribution is -2.48. The quantitative estimate of drug-likeness (QED) is 0.585. The topological polar surface area (TPSA) is 53.4 Å². The van der Waals surface area contributed by atoms with Crippen LogP contribution in [0.1, 0.15) is 6.42 Å². The number of aromatic nitrogens is 2. The van der Waals surface area contributed by atoms with E-state index in [1.165, 1.54) is 5.69 Å². The Morgan fingerprint density at radius 2 is 1.81 bits per heavy atom. The lowest BCUT2D eigenvalue weighted by atomic mass is 10.2. The summed E-state index contributed by atoms with van der Waals surface area (Å²) in [6, 6.07) is 18.1. The zero-order chi connectivity index (χ0) is 21.5. The van der Waals surface area contributed by atoms with Crippen molar-refractivity contribution in [1.29, 1.82) is 0 Å². The fourth-order valence-corrected chi connectivity index (χ4v) is 4.09. The van der Waals surface area contributed by atoms with Gasteiger partial charge in [0.05, 0.1) is 0 Å². The summed E-state index contributed by atoms with van der Waals surface area (Å²) in [5.74, 6) is 0.969. The molecule has 6 nitrogen and oxygen atoms in total. The second-order valence-electron chi connectivity index (χ2n) is 7.72. The minimum Gasteiger partial charge on any atom is -0.369 e. The molecular weight excluding hydrogens is 410 g/mol. The third kappa shape index (κ3) is 5.87. The van der Waals surface area contributed by atoms with Crippen LogP contribution >= 0.6 is 11.6 Å². The van der Waals surface area contributed by atoms with E-state index in [-0.39, 0.29) is 5.91 Å². The molecule has 2 aromatic carbocycles. The van der Waals surface area contributed by atoms with Gasteiger partial charge < -0.3 is 14.8 Å². The SMILES string of the molecule is O=C(CCn1ccnc1-c1ccccc1)NCCN1CCN(c2cccc(Cl)c2)CC1. The molecule has 0 aliphatic carbocycles. The second-order valence-corrected chi connectivity index (χ2v) is 8.16. The van der Waals surface area contributed by atoms with Crippen LogP contribution < -0.4 is 10.2 Å². The number of anilines is 1. The van der Waals surface area contributed by atoms with Crippen LogP contribution in [0.3, 0.4) is 0 Å². The van der Waals surface area contributed by atoms with Crippen LogP contribution in [0, 0.1) is 0 Å². The average molecular weight is 438 g/mol. The van der Waals surface area contributed by atoms with Gasteiger partial charge in [0.15, 0.2) is 0 Å². The minimum absolute atomic E-state index is 0.0743. The van der Waals surface area contributed by atoms with Crippen LogP contribution in [0.25, 0.3) is 11.4 Å². The molecule has 162 valence electrons. The summed E-state index contributed by atoms with van der Waals surface area (Å²) in [7, 11) is 0. The van der Waals surface area contributed by atoms with Crippen molar-refractivity contribution in [3.8, 4) is 11.4 Å². The van der Waals surface area contributed by atoms with Gasteiger partial charge in [-0.15, -0.1) is 0 Å². The highest BCUT2D eigenvalue weighted by atomic mass is 35.5. The van der Waals surface area contributed by atoms with E-state index in [1.54, 1.807) is 6.20 Å². The largest absolute Gasteiger partial charge is 0.369 e. The van der Waals surface area contributed by atoms with Crippen LogP contribution in [0.4, 0.5) is 5.69 Å². The number of nitrogens with one attached hydrogen (secondary N) is 1. The number of imidazole rings is 1. The van der Waals surface area contributed by atoms with Gasteiger partial charge in [0.1, 0.15) is 5.82 Å². The number of benzene rings is 2. The Morgan fingerprint density at radius 3 is 2.58 bits per heavy atom. The highest BCUT2D eigenvalue weighted by Crippen LogP contribution is 2.20. The number of carbonyl (C=O) groups is 1. The molecule has 1 aliphatic rings. The number of carbonyl (C=O) groups excluding carboxylic acids is 1. The van der Waals surface area contributed by atoms with Crippen LogP contribution in [0.15, 0.2) is 67.0 Å². The molecule has 4 rings (SSSR count). The normalized spacial score (nSPS) is 14.5.